The minimum absolute atomic E-state index is 0.129. The second-order valence-corrected chi connectivity index (χ2v) is 3.32. The predicted octanol–water partition coefficient (Wildman–Crippen LogP) is 0.730. The van der Waals surface area contributed by atoms with Gasteiger partial charge >= 0.3 is 5.69 Å². The molecule has 0 unspecified atom stereocenters. The molecule has 2 aromatic heterocycles. The third-order valence-electron chi connectivity index (χ3n) is 2.20. The fourth-order valence-corrected chi connectivity index (χ4v) is 1.25. The highest BCUT2D eigenvalue weighted by Crippen LogP contribution is 2.08. The summed E-state index contributed by atoms with van der Waals surface area (Å²) in [5.41, 5.74) is 0.836. The van der Waals surface area contributed by atoms with Crippen LogP contribution in [0.1, 0.15) is 5.69 Å². The Hall–Kier alpha value is -2.51. The molecule has 0 saturated heterocycles. The first-order valence-electron chi connectivity index (χ1n) is 4.84. The van der Waals surface area contributed by atoms with Gasteiger partial charge in [0.25, 0.3) is 0 Å². The van der Waals surface area contributed by atoms with Gasteiger partial charge in [-0.2, -0.15) is 5.10 Å². The van der Waals surface area contributed by atoms with Crippen molar-refractivity contribution in [2.45, 2.75) is 6.54 Å². The van der Waals surface area contributed by atoms with E-state index in [-0.39, 0.29) is 5.69 Å². The van der Waals surface area contributed by atoms with E-state index in [1.165, 1.54) is 12.4 Å². The van der Waals surface area contributed by atoms with Crippen LogP contribution in [0.15, 0.2) is 24.7 Å². The molecule has 17 heavy (non-hydrogen) atoms. The first-order chi connectivity index (χ1) is 8.16. The molecule has 8 heteroatoms. The van der Waals surface area contributed by atoms with Crippen molar-refractivity contribution in [1.29, 1.82) is 0 Å². The van der Waals surface area contributed by atoms with Crippen molar-refractivity contribution in [3.63, 3.8) is 0 Å². The Morgan fingerprint density at radius 3 is 2.71 bits per heavy atom. The Morgan fingerprint density at radius 2 is 2.18 bits per heavy atom. The second kappa shape index (κ2) is 4.56. The van der Waals surface area contributed by atoms with Gasteiger partial charge in [0, 0.05) is 13.2 Å². The summed E-state index contributed by atoms with van der Waals surface area (Å²) >= 11 is 0. The summed E-state index contributed by atoms with van der Waals surface area (Å²) in [6.45, 7) is 0.508. The molecule has 0 fully saturated rings. The molecule has 2 rings (SSSR count). The summed E-state index contributed by atoms with van der Waals surface area (Å²) in [6.07, 6.45) is 4.02. The summed E-state index contributed by atoms with van der Waals surface area (Å²) in [5.74, 6) is 0.344. The fraction of sp³-hybridized carbons (Fsp3) is 0.222. The van der Waals surface area contributed by atoms with Gasteiger partial charge < -0.3 is 5.32 Å². The van der Waals surface area contributed by atoms with Crippen molar-refractivity contribution in [2.24, 2.45) is 7.05 Å². The van der Waals surface area contributed by atoms with E-state index in [0.29, 0.717) is 12.5 Å². The first kappa shape index (κ1) is 11.0. The van der Waals surface area contributed by atoms with Crippen LogP contribution < -0.4 is 5.32 Å². The number of nitrogens with zero attached hydrogens (tertiary/aromatic N) is 5. The van der Waals surface area contributed by atoms with E-state index in [9.17, 15) is 10.1 Å². The average molecular weight is 234 g/mol. The molecular formula is C9H10N6O2. The van der Waals surface area contributed by atoms with E-state index in [1.54, 1.807) is 10.9 Å². The molecular weight excluding hydrogens is 224 g/mol. The molecule has 2 aromatic rings. The van der Waals surface area contributed by atoms with Gasteiger partial charge in [-0.3, -0.25) is 14.8 Å². The fourth-order valence-electron chi connectivity index (χ4n) is 1.25. The largest absolute Gasteiger partial charge is 0.349 e. The lowest BCUT2D eigenvalue weighted by Crippen LogP contribution is -2.07. The molecule has 0 spiro atoms. The summed E-state index contributed by atoms with van der Waals surface area (Å²) < 4.78 is 1.72. The minimum Gasteiger partial charge on any atom is -0.349 e. The van der Waals surface area contributed by atoms with Crippen molar-refractivity contribution in [2.75, 3.05) is 5.32 Å². The Morgan fingerprint density at radius 1 is 1.47 bits per heavy atom. The van der Waals surface area contributed by atoms with Crippen molar-refractivity contribution < 1.29 is 4.92 Å². The van der Waals surface area contributed by atoms with Gasteiger partial charge in [-0.15, -0.1) is 0 Å². The van der Waals surface area contributed by atoms with Crippen LogP contribution in [0.3, 0.4) is 0 Å². The second-order valence-electron chi connectivity index (χ2n) is 3.32. The molecule has 0 aromatic carbocycles. The smallest absolute Gasteiger partial charge is 0.305 e. The number of nitrogens with one attached hydrogen (secondary N) is 1. The molecule has 0 saturated carbocycles. The maximum absolute atomic E-state index is 10.4. The van der Waals surface area contributed by atoms with E-state index in [2.05, 4.69) is 20.4 Å². The molecule has 1 N–H and O–H groups in total. The molecule has 0 amide bonds. The van der Waals surface area contributed by atoms with Crippen LogP contribution in [-0.4, -0.2) is 24.7 Å². The monoisotopic (exact) mass is 234 g/mol. The van der Waals surface area contributed by atoms with Gasteiger partial charge in [0.05, 0.1) is 17.2 Å². The van der Waals surface area contributed by atoms with Gasteiger partial charge in [-0.25, -0.2) is 9.97 Å². The maximum atomic E-state index is 10.4. The maximum Gasteiger partial charge on any atom is 0.305 e. The van der Waals surface area contributed by atoms with E-state index >= 15 is 0 Å². The van der Waals surface area contributed by atoms with E-state index in [4.69, 9.17) is 0 Å². The van der Waals surface area contributed by atoms with Crippen LogP contribution in [0.4, 0.5) is 11.6 Å². The standard InChI is InChI=1S/C9H10N6O2/c1-14-7(2-3-13-14)4-10-9-11-5-8(6-12-9)15(16)17/h2-3,5-6H,4H2,1H3,(H,10,11,12). The number of hydrogen-bond acceptors (Lipinski definition) is 6. The molecule has 0 bridgehead atoms. The number of nitro groups is 1. The third kappa shape index (κ3) is 2.54. The zero-order valence-electron chi connectivity index (χ0n) is 9.07. The number of aromatic nitrogens is 4. The third-order valence-corrected chi connectivity index (χ3v) is 2.20. The van der Waals surface area contributed by atoms with E-state index < -0.39 is 4.92 Å². The molecule has 0 radical (unpaired) electrons. The van der Waals surface area contributed by atoms with Crippen LogP contribution in [0.5, 0.6) is 0 Å². The summed E-state index contributed by atoms with van der Waals surface area (Å²) in [4.78, 5) is 17.5. The molecule has 0 atom stereocenters. The van der Waals surface area contributed by atoms with Crippen LogP contribution in [-0.2, 0) is 13.6 Å². The van der Waals surface area contributed by atoms with Gasteiger partial charge in [0.2, 0.25) is 5.95 Å². The van der Waals surface area contributed by atoms with E-state index in [1.807, 2.05) is 13.1 Å². The molecule has 8 nitrogen and oxygen atoms in total. The molecule has 88 valence electrons. The molecule has 2 heterocycles. The highest BCUT2D eigenvalue weighted by Gasteiger charge is 2.06. The van der Waals surface area contributed by atoms with Crippen LogP contribution in [0.2, 0.25) is 0 Å². The SMILES string of the molecule is Cn1nccc1CNc1ncc([N+](=O)[O-])cn1. The van der Waals surface area contributed by atoms with Crippen molar-refractivity contribution in [1.82, 2.24) is 19.7 Å². The predicted molar refractivity (Wildman–Crippen MR) is 59.2 cm³/mol. The Labute approximate surface area is 96.5 Å². The van der Waals surface area contributed by atoms with Crippen molar-refractivity contribution in [3.05, 3.63) is 40.5 Å². The zero-order valence-corrected chi connectivity index (χ0v) is 9.07. The normalized spacial score (nSPS) is 10.2. The lowest BCUT2D eigenvalue weighted by atomic mass is 10.4. The topological polar surface area (TPSA) is 98.8 Å². The molecule has 0 aliphatic rings. The zero-order chi connectivity index (χ0) is 12.3. The number of hydrogen-bond donors (Lipinski definition) is 1. The Kier molecular flexibility index (Phi) is 2.95. The van der Waals surface area contributed by atoms with Crippen LogP contribution in [0, 0.1) is 10.1 Å². The Bertz CT molecular complexity index is 521. The quantitative estimate of drug-likeness (QED) is 0.618. The van der Waals surface area contributed by atoms with E-state index in [0.717, 1.165) is 5.69 Å². The van der Waals surface area contributed by atoms with Gasteiger partial charge in [-0.1, -0.05) is 0 Å². The summed E-state index contributed by atoms with van der Waals surface area (Å²) in [5, 5.41) is 17.4. The summed E-state index contributed by atoms with van der Waals surface area (Å²) in [7, 11) is 1.83. The van der Waals surface area contributed by atoms with Gasteiger partial charge in [0.15, 0.2) is 0 Å². The lowest BCUT2D eigenvalue weighted by Gasteiger charge is -2.04. The highest BCUT2D eigenvalue weighted by atomic mass is 16.6. The number of rotatable bonds is 4. The summed E-state index contributed by atoms with van der Waals surface area (Å²) in [6, 6.07) is 1.86. The Balaban J connectivity index is 2.00. The molecule has 0 aliphatic heterocycles. The lowest BCUT2D eigenvalue weighted by molar-refractivity contribution is -0.385. The highest BCUT2D eigenvalue weighted by molar-refractivity contribution is 5.31. The number of anilines is 1. The van der Waals surface area contributed by atoms with Gasteiger partial charge in [0.1, 0.15) is 12.4 Å². The first-order valence-corrected chi connectivity index (χ1v) is 4.84. The van der Waals surface area contributed by atoms with Crippen molar-refractivity contribution >= 4 is 11.6 Å². The average Bonchev–Trinajstić information content (AvgIpc) is 2.73. The number of aryl methyl sites for hydroxylation is 1. The minimum atomic E-state index is -0.537. The van der Waals surface area contributed by atoms with Crippen LogP contribution in [0.25, 0.3) is 0 Å². The molecule has 0 aliphatic carbocycles. The van der Waals surface area contributed by atoms with Crippen molar-refractivity contribution in [3.8, 4) is 0 Å². The van der Waals surface area contributed by atoms with Crippen LogP contribution >= 0.6 is 0 Å². The van der Waals surface area contributed by atoms with Gasteiger partial charge in [-0.05, 0) is 6.07 Å².